The summed E-state index contributed by atoms with van der Waals surface area (Å²) >= 11 is 0. The van der Waals surface area contributed by atoms with E-state index in [1.54, 1.807) is 0 Å². The maximum Gasteiger partial charge on any atom is 0.166 e. The van der Waals surface area contributed by atoms with Gasteiger partial charge in [-0.25, -0.2) is 0 Å². The summed E-state index contributed by atoms with van der Waals surface area (Å²) < 4.78 is 18.4. The van der Waals surface area contributed by atoms with Crippen LogP contribution in [0.1, 0.15) is 1.37 Å². The van der Waals surface area contributed by atoms with Crippen molar-refractivity contribution in [3.8, 4) is 0 Å². The van der Waals surface area contributed by atoms with E-state index >= 15 is 0 Å². The molecule has 0 radical (unpaired) electrons. The molecular formula is C4H5NO. The normalized spacial score (nSPS) is 24.0. The van der Waals surface area contributed by atoms with Gasteiger partial charge >= 0.3 is 0 Å². The molecule has 0 atom stereocenters. The predicted molar refractivity (Wildman–Crippen MR) is 22.5 cm³/mol. The highest BCUT2D eigenvalue weighted by Gasteiger charge is 1.72. The van der Waals surface area contributed by atoms with Crippen molar-refractivity contribution < 1.29 is 7.52 Å². The highest BCUT2D eigenvalue weighted by atomic mass is 16.5. The molecule has 1 N–H and O–H groups in total. The molecule has 0 bridgehead atoms. The molecule has 0 spiro atoms. The Balaban J connectivity index is 2.63. The van der Waals surface area contributed by atoms with E-state index in [0.717, 1.165) is 5.31 Å². The molecule has 0 aromatic heterocycles. The number of ether oxygens (including phenoxy) is 1. The maximum absolute atomic E-state index is 6.90. The van der Waals surface area contributed by atoms with Crippen LogP contribution in [0.5, 0.6) is 0 Å². The Morgan fingerprint density at radius 2 is 2.83 bits per heavy atom. The van der Waals surface area contributed by atoms with Gasteiger partial charge in [-0.2, -0.15) is 0 Å². The van der Waals surface area contributed by atoms with Gasteiger partial charge in [0.1, 0.15) is 12.5 Å². The molecule has 0 saturated heterocycles. The first-order chi connectivity index (χ1) is 3.80. The van der Waals surface area contributed by atoms with Gasteiger partial charge in [0.2, 0.25) is 0 Å². The summed E-state index contributed by atoms with van der Waals surface area (Å²) in [5, 5.41) is 0.906. The lowest BCUT2D eigenvalue weighted by Crippen LogP contribution is -1.94. The van der Waals surface area contributed by atoms with Gasteiger partial charge in [0.15, 0.2) is 1.41 Å². The molecule has 0 fully saturated rings. The zero-order chi connectivity index (χ0) is 5.98. The van der Waals surface area contributed by atoms with Crippen molar-refractivity contribution in [2.75, 3.05) is 0 Å². The van der Waals surface area contributed by atoms with E-state index in [9.17, 15) is 0 Å². The Labute approximate surface area is 39.0 Å². The molecule has 6 heavy (non-hydrogen) atoms. The lowest BCUT2D eigenvalue weighted by atomic mass is 10.8. The molecule has 2 nitrogen and oxygen atoms in total. The highest BCUT2D eigenvalue weighted by molar-refractivity contribution is 4.87. The minimum absolute atomic E-state index is 0.0347. The average molecular weight is 85.1 g/mol. The van der Waals surface area contributed by atoms with E-state index in [1.807, 2.05) is 0 Å². The monoisotopic (exact) mass is 85.0 g/mol. The van der Waals surface area contributed by atoms with E-state index in [-0.39, 0.29) is 6.18 Å². The van der Waals surface area contributed by atoms with Gasteiger partial charge < -0.3 is 10.0 Å². The molecule has 0 unspecified atom stereocenters. The molecule has 1 rings (SSSR count). The number of hydrogen-bond donors (Lipinski definition) is 1. The second kappa shape index (κ2) is 1.50. The van der Waals surface area contributed by atoms with Crippen LogP contribution in [0.25, 0.3) is 0 Å². The van der Waals surface area contributed by atoms with Crippen LogP contribution < -0.4 is 5.31 Å². The van der Waals surface area contributed by atoms with Crippen LogP contribution in [-0.4, -0.2) is 0 Å². The van der Waals surface area contributed by atoms with E-state index in [0.29, 0.717) is 0 Å². The fourth-order valence-electron chi connectivity index (χ4n) is 0.209. The molecule has 0 aromatic rings. The minimum Gasteiger partial charge on any atom is -0.470 e. The Morgan fingerprint density at radius 3 is 3.33 bits per heavy atom. The molecule has 1 heterocycles. The molecule has 32 valence electrons. The SMILES string of the molecule is [2H]C1=COC=CN1[2H]. The lowest BCUT2D eigenvalue weighted by molar-refractivity contribution is 0.390. The maximum atomic E-state index is 6.90. The third kappa shape index (κ3) is 0.516. The molecule has 0 aromatic carbocycles. The molecule has 0 amide bonds. The van der Waals surface area contributed by atoms with Crippen LogP contribution in [-0.2, 0) is 4.74 Å². The summed E-state index contributed by atoms with van der Waals surface area (Å²) in [6.07, 6.45) is 3.91. The van der Waals surface area contributed by atoms with Crippen molar-refractivity contribution in [2.45, 2.75) is 0 Å². The number of nitrogens with one attached hydrogen (secondary N) is 1. The summed E-state index contributed by atoms with van der Waals surface area (Å²) in [7, 11) is 0. The van der Waals surface area contributed by atoms with Gasteiger partial charge in [-0.05, 0) is 0 Å². The third-order valence-corrected chi connectivity index (χ3v) is 0.409. The fraction of sp³-hybridized carbons (Fsp3) is 0. The van der Waals surface area contributed by atoms with Gasteiger partial charge in [-0.1, -0.05) is 0 Å². The molecule has 2 heteroatoms. The topological polar surface area (TPSA) is 21.3 Å². The predicted octanol–water partition coefficient (Wildman–Crippen LogP) is 0.549. The Hall–Kier alpha value is -0.920. The molecular weight excluding hydrogens is 78.0 g/mol. The lowest BCUT2D eigenvalue weighted by Gasteiger charge is -1.94. The standard InChI is InChI=1S/C4H5NO/c1-3-6-4-2-5-1/h1-5H/i1D/hD. The molecule has 1 aliphatic heterocycles. The molecule has 0 saturated carbocycles. The van der Waals surface area contributed by atoms with Gasteiger partial charge in [-0.3, -0.25) is 0 Å². The first-order valence-corrected chi connectivity index (χ1v) is 1.58. The zero-order valence-electron chi connectivity index (χ0n) is 5.09. The summed E-state index contributed by atoms with van der Waals surface area (Å²) in [6, 6.07) is 0. The van der Waals surface area contributed by atoms with Crippen LogP contribution in [0.15, 0.2) is 24.9 Å². The summed E-state index contributed by atoms with van der Waals surface area (Å²) in [6.45, 7) is 0. The van der Waals surface area contributed by atoms with Crippen molar-refractivity contribution in [3.63, 3.8) is 0 Å². The van der Waals surface area contributed by atoms with Crippen molar-refractivity contribution in [1.29, 1.82) is 0 Å². The average Bonchev–Trinajstić information content (AvgIpc) is 1.77. The summed E-state index contributed by atoms with van der Waals surface area (Å²) in [4.78, 5) is 0. The third-order valence-electron chi connectivity index (χ3n) is 0.409. The van der Waals surface area contributed by atoms with Gasteiger partial charge in [0, 0.05) is 12.4 Å². The van der Waals surface area contributed by atoms with Crippen LogP contribution in [0.4, 0.5) is 0 Å². The molecule has 0 aliphatic carbocycles. The van der Waals surface area contributed by atoms with Gasteiger partial charge in [-0.15, -0.1) is 0 Å². The van der Waals surface area contributed by atoms with Gasteiger partial charge in [0.25, 0.3) is 0 Å². The van der Waals surface area contributed by atoms with Crippen LogP contribution in [0, 0.1) is 0 Å². The van der Waals surface area contributed by atoms with Crippen LogP contribution >= 0.6 is 0 Å². The van der Waals surface area contributed by atoms with E-state index in [2.05, 4.69) is 4.74 Å². The van der Waals surface area contributed by atoms with Crippen molar-refractivity contribution in [1.82, 2.24) is 5.31 Å². The Kier molecular flexibility index (Phi) is 0.422. The number of hydrogen-bond acceptors (Lipinski definition) is 2. The summed E-state index contributed by atoms with van der Waals surface area (Å²) in [5.74, 6) is 0. The van der Waals surface area contributed by atoms with Crippen molar-refractivity contribution >= 4 is 0 Å². The van der Waals surface area contributed by atoms with Crippen LogP contribution in [0.3, 0.4) is 0 Å². The van der Waals surface area contributed by atoms with Crippen LogP contribution in [0.2, 0.25) is 1.41 Å². The van der Waals surface area contributed by atoms with Gasteiger partial charge in [0.05, 0.1) is 1.37 Å². The van der Waals surface area contributed by atoms with E-state index in [4.69, 9.17) is 2.78 Å². The van der Waals surface area contributed by atoms with Crippen molar-refractivity contribution in [2.24, 2.45) is 0 Å². The highest BCUT2D eigenvalue weighted by Crippen LogP contribution is 1.81. The Bertz CT molecular complexity index is 143. The first kappa shape index (κ1) is 1.69. The second-order valence-electron chi connectivity index (χ2n) is 0.797. The quantitative estimate of drug-likeness (QED) is 0.463. The minimum atomic E-state index is 0.0347. The van der Waals surface area contributed by atoms with Crippen molar-refractivity contribution in [3.05, 3.63) is 24.9 Å². The second-order valence-corrected chi connectivity index (χ2v) is 0.797. The Morgan fingerprint density at radius 1 is 1.83 bits per heavy atom. The first-order valence-electron chi connectivity index (χ1n) is 2.52. The molecule has 1 aliphatic rings. The zero-order valence-corrected chi connectivity index (χ0v) is 3.09. The van der Waals surface area contributed by atoms with E-state index in [1.165, 1.54) is 18.7 Å². The smallest absolute Gasteiger partial charge is 0.166 e. The number of rotatable bonds is 0. The largest absolute Gasteiger partial charge is 0.470 e. The van der Waals surface area contributed by atoms with E-state index < -0.39 is 0 Å². The fourth-order valence-corrected chi connectivity index (χ4v) is 0.209. The summed E-state index contributed by atoms with van der Waals surface area (Å²) in [5.41, 5.74) is 0.